The lowest BCUT2D eigenvalue weighted by atomic mass is 9.09. The molecule has 1 heterocycles. The molecule has 0 unspecified atom stereocenters. The van der Waals surface area contributed by atoms with Crippen molar-refractivity contribution in [1.29, 1.82) is 0 Å². The molecule has 1 saturated heterocycles. The highest BCUT2D eigenvalue weighted by Gasteiger charge is 2.51. The maximum Gasteiger partial charge on any atom is 0.340 e. The van der Waals surface area contributed by atoms with Crippen molar-refractivity contribution in [3.05, 3.63) is 0 Å². The topological polar surface area (TPSA) is 43.4 Å². The normalized spacial score (nSPS) is 16.8. The Balaban J connectivity index is 2.97. The standard InChI is InChI=1S/C17H32B2O3/c1-7-10-16(3,4)14(20)18-12-9-13-22-19(18)15(21)17(5,6)11-8-2/h7-13H2,1-6H3. The van der Waals surface area contributed by atoms with Crippen molar-refractivity contribution in [1.82, 2.24) is 0 Å². The second-order valence-corrected chi connectivity index (χ2v) is 8.04. The zero-order chi connectivity index (χ0) is 17.0. The van der Waals surface area contributed by atoms with Crippen molar-refractivity contribution in [2.45, 2.75) is 80.0 Å². The Labute approximate surface area is 137 Å². The predicted molar refractivity (Wildman–Crippen MR) is 94.3 cm³/mol. The molecule has 1 aliphatic heterocycles. The van der Waals surface area contributed by atoms with Crippen LogP contribution in [-0.4, -0.2) is 31.4 Å². The molecule has 5 heteroatoms. The average Bonchev–Trinajstić information content (AvgIpc) is 2.45. The van der Waals surface area contributed by atoms with E-state index in [-0.39, 0.29) is 23.4 Å². The van der Waals surface area contributed by atoms with Crippen LogP contribution in [0.15, 0.2) is 0 Å². The van der Waals surface area contributed by atoms with Crippen molar-refractivity contribution in [3.8, 4) is 0 Å². The van der Waals surface area contributed by atoms with E-state index in [0.717, 1.165) is 38.4 Å². The Hall–Kier alpha value is -0.570. The summed E-state index contributed by atoms with van der Waals surface area (Å²) < 4.78 is 5.81. The van der Waals surface area contributed by atoms with Gasteiger partial charge in [0.15, 0.2) is 0 Å². The molecular weight excluding hydrogens is 274 g/mol. The third-order valence-electron chi connectivity index (χ3n) is 5.00. The highest BCUT2D eigenvalue weighted by atomic mass is 16.4. The fourth-order valence-corrected chi connectivity index (χ4v) is 3.69. The molecule has 1 aliphatic rings. The van der Waals surface area contributed by atoms with Gasteiger partial charge in [0.2, 0.25) is 6.60 Å². The van der Waals surface area contributed by atoms with Gasteiger partial charge in [-0.3, -0.25) is 0 Å². The first-order valence-electron chi connectivity index (χ1n) is 8.87. The number of carbonyl (C=O) groups excluding carboxylic acids is 2. The van der Waals surface area contributed by atoms with Crippen LogP contribution in [-0.2, 0) is 14.2 Å². The van der Waals surface area contributed by atoms with E-state index in [4.69, 9.17) is 4.65 Å². The zero-order valence-electron chi connectivity index (χ0n) is 15.3. The minimum atomic E-state index is -0.543. The van der Waals surface area contributed by atoms with E-state index < -0.39 is 12.2 Å². The maximum absolute atomic E-state index is 13.0. The fourth-order valence-electron chi connectivity index (χ4n) is 3.69. The lowest BCUT2D eigenvalue weighted by molar-refractivity contribution is -0.122. The van der Waals surface area contributed by atoms with E-state index in [1.807, 2.05) is 27.7 Å². The van der Waals surface area contributed by atoms with Gasteiger partial charge in [-0.05, 0) is 19.3 Å². The van der Waals surface area contributed by atoms with E-state index >= 15 is 0 Å². The molecular formula is C17H32B2O3. The Morgan fingerprint density at radius 3 is 1.95 bits per heavy atom. The largest absolute Gasteiger partial charge is 0.434 e. The molecule has 1 fully saturated rings. The van der Waals surface area contributed by atoms with E-state index in [2.05, 4.69) is 13.8 Å². The monoisotopic (exact) mass is 306 g/mol. The van der Waals surface area contributed by atoms with Gasteiger partial charge in [-0.25, -0.2) is 0 Å². The molecule has 0 atom stereocenters. The summed E-state index contributed by atoms with van der Waals surface area (Å²) in [6, 6.07) is 0. The molecule has 1 rings (SSSR count). The lowest BCUT2D eigenvalue weighted by Crippen LogP contribution is -2.59. The van der Waals surface area contributed by atoms with Gasteiger partial charge in [0.1, 0.15) is 5.68 Å². The molecule has 0 aromatic heterocycles. The Morgan fingerprint density at radius 1 is 0.955 bits per heavy atom. The summed E-state index contributed by atoms with van der Waals surface area (Å²) in [6.45, 7) is 11.9. The van der Waals surface area contributed by atoms with Crippen molar-refractivity contribution in [3.63, 3.8) is 0 Å². The van der Waals surface area contributed by atoms with Crippen LogP contribution in [0.5, 0.6) is 0 Å². The van der Waals surface area contributed by atoms with Gasteiger partial charge in [0.25, 0.3) is 0 Å². The second kappa shape index (κ2) is 7.81. The molecule has 0 radical (unpaired) electrons. The molecule has 0 saturated carbocycles. The van der Waals surface area contributed by atoms with E-state index in [1.165, 1.54) is 0 Å². The van der Waals surface area contributed by atoms with Crippen LogP contribution in [0, 0.1) is 10.8 Å². The van der Waals surface area contributed by atoms with Crippen LogP contribution >= 0.6 is 0 Å². The first-order valence-corrected chi connectivity index (χ1v) is 8.87. The van der Waals surface area contributed by atoms with Gasteiger partial charge in [0, 0.05) is 17.4 Å². The molecule has 0 aromatic rings. The van der Waals surface area contributed by atoms with Gasteiger partial charge in [-0.15, -0.1) is 0 Å². The molecule has 0 bridgehead atoms. The minimum absolute atomic E-state index is 0.111. The van der Waals surface area contributed by atoms with E-state index in [1.54, 1.807) is 0 Å². The SMILES string of the molecule is CCCC(C)(C)C(=O)B1CCCOB1C(=O)C(C)(C)CCC. The van der Waals surface area contributed by atoms with Gasteiger partial charge in [-0.1, -0.05) is 60.7 Å². The molecule has 22 heavy (non-hydrogen) atoms. The number of rotatable bonds is 8. The van der Waals surface area contributed by atoms with Crippen LogP contribution in [0.4, 0.5) is 0 Å². The van der Waals surface area contributed by atoms with Crippen molar-refractivity contribution in [2.24, 2.45) is 10.8 Å². The third-order valence-corrected chi connectivity index (χ3v) is 5.00. The number of carbonyl (C=O) groups is 2. The van der Waals surface area contributed by atoms with Gasteiger partial charge in [0.05, 0.1) is 5.68 Å². The van der Waals surface area contributed by atoms with E-state index in [9.17, 15) is 9.59 Å². The quantitative estimate of drug-likeness (QED) is 0.640. The van der Waals surface area contributed by atoms with Gasteiger partial charge in [-0.2, -0.15) is 0 Å². The zero-order valence-corrected chi connectivity index (χ0v) is 15.3. The maximum atomic E-state index is 13.0. The molecule has 0 spiro atoms. The smallest absolute Gasteiger partial charge is 0.340 e. The number of hydrogen-bond donors (Lipinski definition) is 0. The minimum Gasteiger partial charge on any atom is -0.434 e. The molecule has 3 nitrogen and oxygen atoms in total. The summed E-state index contributed by atoms with van der Waals surface area (Å²) in [4.78, 5) is 25.9. The van der Waals surface area contributed by atoms with Gasteiger partial charge < -0.3 is 14.2 Å². The molecule has 0 aromatic carbocycles. The van der Waals surface area contributed by atoms with Crippen LogP contribution in [0.2, 0.25) is 6.32 Å². The first kappa shape index (κ1) is 19.5. The Kier molecular flexibility index (Phi) is 6.91. The first-order chi connectivity index (χ1) is 10.2. The lowest BCUT2D eigenvalue weighted by Gasteiger charge is -2.35. The summed E-state index contributed by atoms with van der Waals surface area (Å²) in [5, 5.41) is 0. The van der Waals surface area contributed by atoms with Crippen molar-refractivity contribution < 1.29 is 14.2 Å². The van der Waals surface area contributed by atoms with Crippen LogP contribution < -0.4 is 0 Å². The summed E-state index contributed by atoms with van der Waals surface area (Å²) in [7, 11) is 0. The molecule has 0 aliphatic carbocycles. The Bertz CT molecular complexity index is 367. The highest BCUT2D eigenvalue weighted by Crippen LogP contribution is 2.31. The average molecular weight is 306 g/mol. The molecule has 0 amide bonds. The summed E-state index contributed by atoms with van der Waals surface area (Å²) in [5.41, 5.74) is -0.461. The fraction of sp³-hybridized carbons (Fsp3) is 0.882. The molecule has 0 N–H and O–H groups in total. The van der Waals surface area contributed by atoms with Crippen molar-refractivity contribution >= 4 is 24.8 Å². The third kappa shape index (κ3) is 4.47. The second-order valence-electron chi connectivity index (χ2n) is 8.04. The van der Waals surface area contributed by atoms with Crippen molar-refractivity contribution in [2.75, 3.05) is 6.61 Å². The highest BCUT2D eigenvalue weighted by molar-refractivity contribution is 7.42. The summed E-state index contributed by atoms with van der Waals surface area (Å²) >= 11 is 0. The van der Waals surface area contributed by atoms with Crippen LogP contribution in [0.1, 0.15) is 73.6 Å². The van der Waals surface area contributed by atoms with Gasteiger partial charge >= 0.3 is 6.81 Å². The van der Waals surface area contributed by atoms with Crippen LogP contribution in [0.3, 0.4) is 0 Å². The molecule has 124 valence electrons. The number of hydrogen-bond acceptors (Lipinski definition) is 3. The summed E-state index contributed by atoms with van der Waals surface area (Å²) in [5.74, 6) is 0. The van der Waals surface area contributed by atoms with E-state index in [0.29, 0.717) is 6.61 Å². The Morgan fingerprint density at radius 2 is 1.45 bits per heavy atom. The predicted octanol–water partition coefficient (Wildman–Crippen LogP) is 3.84. The van der Waals surface area contributed by atoms with Crippen LogP contribution in [0.25, 0.3) is 0 Å². The summed E-state index contributed by atoms with van der Waals surface area (Å²) in [6.07, 6.45) is 5.30.